The maximum atomic E-state index is 12.3. The van der Waals surface area contributed by atoms with Gasteiger partial charge in [-0.05, 0) is 25.7 Å². The molecule has 3 amide bonds. The van der Waals surface area contributed by atoms with Gasteiger partial charge in [0.25, 0.3) is 0 Å². The lowest BCUT2D eigenvalue weighted by Gasteiger charge is -2.34. The van der Waals surface area contributed by atoms with Crippen molar-refractivity contribution < 1.29 is 19.5 Å². The number of nitrogens with one attached hydrogen (secondary N) is 1. The lowest BCUT2D eigenvalue weighted by molar-refractivity contribution is -0.149. The fourth-order valence-electron chi connectivity index (χ4n) is 2.89. The molecule has 0 spiro atoms. The molecule has 2 N–H and O–H groups in total. The third kappa shape index (κ3) is 4.59. The van der Waals surface area contributed by atoms with Crippen LogP contribution in [-0.4, -0.2) is 66.5 Å². The number of rotatable bonds is 6. The monoisotopic (exact) mass is 327 g/mol. The van der Waals surface area contributed by atoms with E-state index < -0.39 is 11.4 Å². The second-order valence-electron chi connectivity index (χ2n) is 6.45. The molecule has 0 aliphatic carbocycles. The van der Waals surface area contributed by atoms with Crippen LogP contribution in [0.25, 0.3) is 0 Å². The maximum absolute atomic E-state index is 12.3. The molecule has 1 fully saturated rings. The first-order valence-corrected chi connectivity index (χ1v) is 8.24. The van der Waals surface area contributed by atoms with Gasteiger partial charge in [-0.15, -0.1) is 0 Å². The fraction of sp³-hybridized carbons (Fsp3) is 0.812. The Morgan fingerprint density at radius 1 is 1.17 bits per heavy atom. The van der Waals surface area contributed by atoms with E-state index in [1.165, 1.54) is 4.90 Å². The molecule has 0 saturated carbocycles. The second kappa shape index (κ2) is 8.17. The van der Waals surface area contributed by atoms with Gasteiger partial charge < -0.3 is 20.2 Å². The normalized spacial score (nSPS) is 16.1. The van der Waals surface area contributed by atoms with Crippen molar-refractivity contribution in [1.82, 2.24) is 15.1 Å². The average Bonchev–Trinajstić information content (AvgIpc) is 2.55. The van der Waals surface area contributed by atoms with Crippen molar-refractivity contribution in [1.29, 1.82) is 0 Å². The number of carboxylic acid groups (broad SMARTS) is 1. The number of hydrogen-bond acceptors (Lipinski definition) is 3. The number of nitrogens with zero attached hydrogens (tertiary/aromatic N) is 2. The van der Waals surface area contributed by atoms with E-state index in [-0.39, 0.29) is 24.4 Å². The summed E-state index contributed by atoms with van der Waals surface area (Å²) in [5.74, 6) is -1.12. The number of carbonyl (C=O) groups is 3. The summed E-state index contributed by atoms with van der Waals surface area (Å²) in [5.41, 5.74) is -0.892. The van der Waals surface area contributed by atoms with Gasteiger partial charge in [0.1, 0.15) is 0 Å². The molecule has 1 aliphatic heterocycles. The first-order valence-electron chi connectivity index (χ1n) is 8.24. The molecule has 0 aromatic heterocycles. The summed E-state index contributed by atoms with van der Waals surface area (Å²) in [4.78, 5) is 38.9. The number of amides is 3. The number of likely N-dealkylation sites (tertiary alicyclic amines) is 1. The predicted molar refractivity (Wildman–Crippen MR) is 87.0 cm³/mol. The number of urea groups is 1. The first-order chi connectivity index (χ1) is 10.8. The second-order valence-corrected chi connectivity index (χ2v) is 6.45. The minimum Gasteiger partial charge on any atom is -0.481 e. The molecule has 1 aliphatic rings. The van der Waals surface area contributed by atoms with E-state index in [1.807, 2.05) is 13.8 Å². The van der Waals surface area contributed by atoms with Crippen molar-refractivity contribution in [3.63, 3.8) is 0 Å². The van der Waals surface area contributed by atoms with E-state index in [9.17, 15) is 19.5 Å². The van der Waals surface area contributed by atoms with Crippen LogP contribution in [0.3, 0.4) is 0 Å². The lowest BCUT2D eigenvalue weighted by Crippen LogP contribution is -2.48. The lowest BCUT2D eigenvalue weighted by atomic mass is 9.82. The molecule has 7 heteroatoms. The van der Waals surface area contributed by atoms with Crippen LogP contribution < -0.4 is 5.32 Å². The van der Waals surface area contributed by atoms with Crippen molar-refractivity contribution in [2.24, 2.45) is 11.3 Å². The number of hydrogen-bond donors (Lipinski definition) is 2. The molecular formula is C16H29N3O4. The molecule has 1 saturated heterocycles. The van der Waals surface area contributed by atoms with Crippen molar-refractivity contribution >= 4 is 17.9 Å². The zero-order valence-electron chi connectivity index (χ0n) is 14.6. The molecule has 23 heavy (non-hydrogen) atoms. The van der Waals surface area contributed by atoms with Crippen LogP contribution in [0.15, 0.2) is 0 Å². The smallest absolute Gasteiger partial charge is 0.319 e. The third-order valence-electron chi connectivity index (χ3n) is 4.93. The molecule has 1 rings (SSSR count). The van der Waals surface area contributed by atoms with Gasteiger partial charge in [-0.2, -0.15) is 0 Å². The van der Waals surface area contributed by atoms with E-state index in [1.54, 1.807) is 19.0 Å². The topological polar surface area (TPSA) is 90.0 Å². The van der Waals surface area contributed by atoms with Crippen LogP contribution in [0.2, 0.25) is 0 Å². The number of carbonyl (C=O) groups excluding carboxylic acids is 2. The van der Waals surface area contributed by atoms with Crippen molar-refractivity contribution in [2.45, 2.75) is 39.5 Å². The standard InChI is InChI=1S/C16H29N3O4/c1-5-16(6-2,14(21)22)11-17-13(20)12-7-9-19(10-8-12)15(23)18(3)4/h12H,5-11H2,1-4H3,(H,17,20)(H,21,22). The molecule has 1 heterocycles. The molecule has 0 aromatic rings. The van der Waals surface area contributed by atoms with Gasteiger partial charge >= 0.3 is 12.0 Å². The van der Waals surface area contributed by atoms with Gasteiger partial charge in [0.2, 0.25) is 5.91 Å². The number of aliphatic carboxylic acids is 1. The number of carboxylic acids is 1. The highest BCUT2D eigenvalue weighted by Gasteiger charge is 2.36. The van der Waals surface area contributed by atoms with Crippen LogP contribution in [0.4, 0.5) is 4.79 Å². The van der Waals surface area contributed by atoms with Gasteiger partial charge in [-0.25, -0.2) is 4.79 Å². The van der Waals surface area contributed by atoms with E-state index in [0.717, 1.165) is 0 Å². The Labute approximate surface area is 138 Å². The zero-order chi connectivity index (χ0) is 17.6. The van der Waals surface area contributed by atoms with Crippen LogP contribution in [-0.2, 0) is 9.59 Å². The minimum absolute atomic E-state index is 0.0364. The highest BCUT2D eigenvalue weighted by molar-refractivity contribution is 5.81. The Bertz CT molecular complexity index is 439. The van der Waals surface area contributed by atoms with Gasteiger partial charge in [-0.3, -0.25) is 9.59 Å². The van der Waals surface area contributed by atoms with E-state index in [4.69, 9.17) is 0 Å². The number of piperidine rings is 1. The highest BCUT2D eigenvalue weighted by Crippen LogP contribution is 2.26. The van der Waals surface area contributed by atoms with Gasteiger partial charge in [0, 0.05) is 39.6 Å². The van der Waals surface area contributed by atoms with E-state index in [0.29, 0.717) is 38.8 Å². The summed E-state index contributed by atoms with van der Waals surface area (Å²) >= 11 is 0. The summed E-state index contributed by atoms with van der Waals surface area (Å²) in [7, 11) is 3.42. The van der Waals surface area contributed by atoms with Crippen LogP contribution >= 0.6 is 0 Å². The summed E-state index contributed by atoms with van der Waals surface area (Å²) < 4.78 is 0. The first kappa shape index (κ1) is 19.3. The Morgan fingerprint density at radius 2 is 1.70 bits per heavy atom. The average molecular weight is 327 g/mol. The minimum atomic E-state index is -0.892. The highest BCUT2D eigenvalue weighted by atomic mass is 16.4. The summed E-state index contributed by atoms with van der Waals surface area (Å²) in [5, 5.41) is 12.2. The van der Waals surface area contributed by atoms with Gasteiger partial charge in [0.05, 0.1) is 5.41 Å². The summed E-state index contributed by atoms with van der Waals surface area (Å²) in [6, 6.07) is -0.0364. The van der Waals surface area contributed by atoms with E-state index >= 15 is 0 Å². The molecule has 0 atom stereocenters. The third-order valence-corrected chi connectivity index (χ3v) is 4.93. The molecule has 0 aromatic carbocycles. The van der Waals surface area contributed by atoms with Crippen molar-refractivity contribution in [3.8, 4) is 0 Å². The molecular weight excluding hydrogens is 298 g/mol. The van der Waals surface area contributed by atoms with Crippen LogP contribution in [0, 0.1) is 11.3 Å². The van der Waals surface area contributed by atoms with Crippen LogP contribution in [0.5, 0.6) is 0 Å². The molecule has 7 nitrogen and oxygen atoms in total. The van der Waals surface area contributed by atoms with Gasteiger partial charge in [0.15, 0.2) is 0 Å². The van der Waals surface area contributed by atoms with Crippen LogP contribution in [0.1, 0.15) is 39.5 Å². The quantitative estimate of drug-likeness (QED) is 0.771. The Kier molecular flexibility index (Phi) is 6.84. The molecule has 132 valence electrons. The Morgan fingerprint density at radius 3 is 2.09 bits per heavy atom. The molecule has 0 unspecified atom stereocenters. The fourth-order valence-corrected chi connectivity index (χ4v) is 2.89. The SMILES string of the molecule is CCC(CC)(CNC(=O)C1CCN(C(=O)N(C)C)CC1)C(=O)O. The molecule has 0 bridgehead atoms. The summed E-state index contributed by atoms with van der Waals surface area (Å²) in [6.07, 6.45) is 2.19. The van der Waals surface area contributed by atoms with Crippen molar-refractivity contribution in [3.05, 3.63) is 0 Å². The molecule has 0 radical (unpaired) electrons. The van der Waals surface area contributed by atoms with Crippen molar-refractivity contribution in [2.75, 3.05) is 33.7 Å². The zero-order valence-corrected chi connectivity index (χ0v) is 14.6. The Balaban J connectivity index is 2.52. The maximum Gasteiger partial charge on any atom is 0.319 e. The Hall–Kier alpha value is -1.79. The predicted octanol–water partition coefficient (Wildman–Crippen LogP) is 1.39. The van der Waals surface area contributed by atoms with Gasteiger partial charge in [-0.1, -0.05) is 13.8 Å². The summed E-state index contributed by atoms with van der Waals surface area (Å²) in [6.45, 7) is 4.93. The largest absolute Gasteiger partial charge is 0.481 e. The van der Waals surface area contributed by atoms with E-state index in [2.05, 4.69) is 5.32 Å².